The van der Waals surface area contributed by atoms with Crippen LogP contribution in [0.15, 0.2) is 72.1 Å². The molecule has 2 heterocycles. The maximum Gasteiger partial charge on any atom is 0.248 e. The summed E-state index contributed by atoms with van der Waals surface area (Å²) in [5.74, 6) is -1.01. The van der Waals surface area contributed by atoms with Gasteiger partial charge in [0, 0.05) is 17.0 Å². The summed E-state index contributed by atoms with van der Waals surface area (Å²) in [6.45, 7) is 5.75. The fourth-order valence-corrected chi connectivity index (χ4v) is 4.71. The van der Waals surface area contributed by atoms with Gasteiger partial charge >= 0.3 is 0 Å². The lowest BCUT2D eigenvalue weighted by atomic mass is 10.1. The zero-order chi connectivity index (χ0) is 26.4. The third kappa shape index (κ3) is 6.85. The summed E-state index contributed by atoms with van der Waals surface area (Å²) in [5, 5.41) is 17.0. The van der Waals surface area contributed by atoms with Gasteiger partial charge in [-0.05, 0) is 61.5 Å². The van der Waals surface area contributed by atoms with Gasteiger partial charge in [0.15, 0.2) is 0 Å². The second kappa shape index (κ2) is 11.4. The summed E-state index contributed by atoms with van der Waals surface area (Å²) in [7, 11) is 0. The predicted octanol–water partition coefficient (Wildman–Crippen LogP) is 4.27. The summed E-state index contributed by atoms with van der Waals surface area (Å²) < 4.78 is 14.2. The molecule has 2 aromatic heterocycles. The molecule has 0 unspecified atom stereocenters. The van der Waals surface area contributed by atoms with E-state index in [-0.39, 0.29) is 29.7 Å². The van der Waals surface area contributed by atoms with E-state index in [0.717, 1.165) is 15.2 Å². The van der Waals surface area contributed by atoms with Crippen LogP contribution in [0.5, 0.6) is 0 Å². The van der Waals surface area contributed by atoms with Gasteiger partial charge in [0.2, 0.25) is 17.6 Å². The van der Waals surface area contributed by atoms with Gasteiger partial charge in [-0.15, -0.1) is 21.5 Å². The van der Waals surface area contributed by atoms with E-state index in [4.69, 9.17) is 0 Å². The Balaban J connectivity index is 1.63. The zero-order valence-electron chi connectivity index (χ0n) is 21.0. The number of amides is 2. The largest absolute Gasteiger partial charge is 0.349 e. The highest BCUT2D eigenvalue weighted by Gasteiger charge is 2.34. The van der Waals surface area contributed by atoms with Crippen molar-refractivity contribution in [2.75, 3.05) is 6.54 Å². The summed E-state index contributed by atoms with van der Waals surface area (Å²) in [6.07, 6.45) is 0.558. The van der Waals surface area contributed by atoms with Crippen LogP contribution in [0.1, 0.15) is 37.3 Å². The minimum Gasteiger partial charge on any atom is -0.349 e. The number of rotatable bonds is 9. The lowest BCUT2D eigenvalue weighted by Crippen LogP contribution is -2.50. The number of halogens is 1. The predicted molar refractivity (Wildman–Crippen MR) is 140 cm³/mol. The Morgan fingerprint density at radius 2 is 1.78 bits per heavy atom. The molecule has 1 atom stereocenters. The van der Waals surface area contributed by atoms with Crippen molar-refractivity contribution in [3.05, 3.63) is 88.4 Å². The molecule has 0 bridgehead atoms. The fraction of sp³-hybridized carbons (Fsp3) is 0.296. The monoisotopic (exact) mass is 520 g/mol. The molecule has 4 aromatic rings. The lowest BCUT2D eigenvalue weighted by molar-refractivity contribution is -0.142. The Kier molecular flexibility index (Phi) is 8.08. The number of nitrogens with zero attached hydrogens (tertiary/aromatic N) is 5. The normalized spacial score (nSPS) is 12.2. The second-order valence-electron chi connectivity index (χ2n) is 9.60. The van der Waals surface area contributed by atoms with Crippen molar-refractivity contribution in [3.8, 4) is 11.4 Å². The van der Waals surface area contributed by atoms with E-state index in [1.165, 1.54) is 17.4 Å². The quantitative estimate of drug-likeness (QED) is 0.356. The molecule has 8 nitrogen and oxygen atoms in total. The van der Waals surface area contributed by atoms with Crippen LogP contribution in [0.2, 0.25) is 0 Å². The topological polar surface area (TPSA) is 93.0 Å². The number of carbonyl (C=O) groups excluding carboxylic acids is 2. The smallest absolute Gasteiger partial charge is 0.248 e. The molecule has 0 spiro atoms. The number of carbonyl (C=O) groups is 2. The highest BCUT2D eigenvalue weighted by atomic mass is 32.1. The molecular weight excluding hydrogens is 491 g/mol. The molecule has 4 rings (SSSR count). The number of thiophene rings is 1. The van der Waals surface area contributed by atoms with Crippen LogP contribution in [0.3, 0.4) is 0 Å². The number of aromatic nitrogens is 4. The van der Waals surface area contributed by atoms with Crippen molar-refractivity contribution in [1.82, 2.24) is 30.4 Å². The molecule has 2 amide bonds. The molecule has 192 valence electrons. The first kappa shape index (κ1) is 26.2. The van der Waals surface area contributed by atoms with E-state index in [2.05, 4.69) is 20.7 Å². The number of nitrogens with one attached hydrogen (secondary N) is 1. The van der Waals surface area contributed by atoms with Crippen LogP contribution in [-0.2, 0) is 22.6 Å². The highest BCUT2D eigenvalue weighted by molar-refractivity contribution is 7.10. The van der Waals surface area contributed by atoms with E-state index < -0.39 is 17.4 Å². The molecule has 1 N–H and O–H groups in total. The summed E-state index contributed by atoms with van der Waals surface area (Å²) in [5.41, 5.74) is 0.758. The van der Waals surface area contributed by atoms with Crippen LogP contribution in [-0.4, -0.2) is 49.0 Å². The van der Waals surface area contributed by atoms with Gasteiger partial charge in [-0.3, -0.25) is 9.59 Å². The maximum atomic E-state index is 14.2. The van der Waals surface area contributed by atoms with Crippen LogP contribution in [0.25, 0.3) is 11.4 Å². The minimum absolute atomic E-state index is 0.0852. The lowest BCUT2D eigenvalue weighted by Gasteiger charge is -2.33. The van der Waals surface area contributed by atoms with Crippen molar-refractivity contribution in [2.45, 2.75) is 45.3 Å². The molecular formula is C27H29FN6O2S. The standard InChI is InChI=1S/C27H29FN6O2S/c1-27(2,3)29-26(36)24(22-14-9-17-37-22)33(16-15-19-10-5-4-6-11-19)23(35)18-34-31-25(30-32-34)20-12-7-8-13-21(20)28/h4-14,17,24H,15-16,18H2,1-3H3,(H,29,36)/t24-/m1/s1. The highest BCUT2D eigenvalue weighted by Crippen LogP contribution is 2.27. The SMILES string of the molecule is CC(C)(C)NC(=O)[C@@H](c1cccs1)N(CCc1ccccc1)C(=O)Cn1nnc(-c2ccccc2F)n1. The summed E-state index contributed by atoms with van der Waals surface area (Å²) in [6, 6.07) is 18.8. The third-order valence-electron chi connectivity index (χ3n) is 5.52. The Hall–Kier alpha value is -3.92. The Morgan fingerprint density at radius 1 is 1.05 bits per heavy atom. The molecule has 10 heteroatoms. The van der Waals surface area contributed by atoms with E-state index in [9.17, 15) is 14.0 Å². The molecule has 37 heavy (non-hydrogen) atoms. The van der Waals surface area contributed by atoms with Crippen molar-refractivity contribution < 1.29 is 14.0 Å². The Morgan fingerprint density at radius 3 is 2.46 bits per heavy atom. The molecule has 0 fully saturated rings. The van der Waals surface area contributed by atoms with Crippen molar-refractivity contribution in [1.29, 1.82) is 0 Å². The molecule has 0 radical (unpaired) electrons. The summed E-state index contributed by atoms with van der Waals surface area (Å²) in [4.78, 5) is 30.6. The minimum atomic E-state index is -0.829. The Bertz CT molecular complexity index is 1330. The van der Waals surface area contributed by atoms with Crippen LogP contribution in [0, 0.1) is 5.82 Å². The number of hydrogen-bond donors (Lipinski definition) is 1. The fourth-order valence-electron chi connectivity index (χ4n) is 3.87. The first-order valence-corrected chi connectivity index (χ1v) is 12.8. The molecule has 0 aliphatic carbocycles. The van der Waals surface area contributed by atoms with Gasteiger partial charge in [0.1, 0.15) is 18.4 Å². The molecule has 0 saturated carbocycles. The van der Waals surface area contributed by atoms with E-state index >= 15 is 0 Å². The molecule has 0 aliphatic heterocycles. The molecule has 0 aliphatic rings. The first-order chi connectivity index (χ1) is 17.7. The van der Waals surface area contributed by atoms with Gasteiger partial charge in [-0.25, -0.2) is 4.39 Å². The molecule has 0 saturated heterocycles. The van der Waals surface area contributed by atoms with Crippen molar-refractivity contribution in [2.24, 2.45) is 0 Å². The van der Waals surface area contributed by atoms with Crippen LogP contribution >= 0.6 is 11.3 Å². The second-order valence-corrected chi connectivity index (χ2v) is 10.6. The van der Waals surface area contributed by atoms with E-state index in [1.54, 1.807) is 23.1 Å². The van der Waals surface area contributed by atoms with Gasteiger partial charge < -0.3 is 10.2 Å². The van der Waals surface area contributed by atoms with Gasteiger partial charge in [0.25, 0.3) is 0 Å². The van der Waals surface area contributed by atoms with E-state index in [0.29, 0.717) is 13.0 Å². The number of hydrogen-bond acceptors (Lipinski definition) is 6. The molecule has 2 aromatic carbocycles. The summed E-state index contributed by atoms with van der Waals surface area (Å²) >= 11 is 1.42. The number of benzene rings is 2. The van der Waals surface area contributed by atoms with Crippen molar-refractivity contribution >= 4 is 23.2 Å². The van der Waals surface area contributed by atoms with E-state index in [1.807, 2.05) is 68.6 Å². The van der Waals surface area contributed by atoms with Crippen LogP contribution in [0.4, 0.5) is 4.39 Å². The zero-order valence-corrected chi connectivity index (χ0v) is 21.8. The van der Waals surface area contributed by atoms with Crippen LogP contribution < -0.4 is 5.32 Å². The Labute approximate surface area is 219 Å². The third-order valence-corrected chi connectivity index (χ3v) is 6.44. The number of tetrazole rings is 1. The average molecular weight is 521 g/mol. The van der Waals surface area contributed by atoms with Crippen molar-refractivity contribution in [3.63, 3.8) is 0 Å². The van der Waals surface area contributed by atoms with Gasteiger partial charge in [0.05, 0.1) is 5.56 Å². The first-order valence-electron chi connectivity index (χ1n) is 11.9. The maximum absolute atomic E-state index is 14.2. The van der Waals surface area contributed by atoms with Gasteiger partial charge in [-0.2, -0.15) is 4.80 Å². The average Bonchev–Trinajstić information content (AvgIpc) is 3.54. The van der Waals surface area contributed by atoms with Gasteiger partial charge in [-0.1, -0.05) is 48.5 Å².